The summed E-state index contributed by atoms with van der Waals surface area (Å²) in [5.41, 5.74) is 0. The van der Waals surface area contributed by atoms with Crippen molar-refractivity contribution in [3.8, 4) is 0 Å². The van der Waals surface area contributed by atoms with Gasteiger partial charge in [0.05, 0.1) is 19.1 Å². The van der Waals surface area contributed by atoms with Gasteiger partial charge in [0.15, 0.2) is 0 Å². The van der Waals surface area contributed by atoms with Crippen LogP contribution in [0.25, 0.3) is 0 Å². The zero-order valence-corrected chi connectivity index (χ0v) is 11.6. The number of carboxylic acids is 1. The van der Waals surface area contributed by atoms with Crippen molar-refractivity contribution in [3.63, 3.8) is 0 Å². The van der Waals surface area contributed by atoms with Crippen LogP contribution >= 0.6 is 0 Å². The molecule has 0 spiro atoms. The Morgan fingerprint density at radius 3 is 2.45 bits per heavy atom. The maximum Gasteiger partial charge on any atom is 0.315 e. The molecule has 3 amide bonds. The third kappa shape index (κ3) is 5.87. The van der Waals surface area contributed by atoms with Crippen LogP contribution in [0.15, 0.2) is 0 Å². The Balaban J connectivity index is 2.18. The van der Waals surface area contributed by atoms with Crippen molar-refractivity contribution in [2.24, 2.45) is 0 Å². The molecular weight excluding hydrogens is 266 g/mol. The number of methoxy groups -OCH3 is 1. The minimum absolute atomic E-state index is 0.0532. The van der Waals surface area contributed by atoms with Crippen LogP contribution in [0.2, 0.25) is 0 Å². The number of amides is 3. The fraction of sp³-hybridized carbons (Fsp3) is 0.750. The van der Waals surface area contributed by atoms with E-state index < -0.39 is 18.1 Å². The molecule has 1 saturated heterocycles. The lowest BCUT2D eigenvalue weighted by molar-refractivity contribution is -0.139. The zero-order chi connectivity index (χ0) is 15.0. The standard InChI is InChI=1S/C12H21N3O5/c1-20-9(6-11(17)18)7-13-12(19)14-8-10(16)15-4-2-3-5-15/h9H,2-8H2,1H3,(H,17,18)(H2,13,14,19). The van der Waals surface area contributed by atoms with Gasteiger partial charge in [-0.3, -0.25) is 9.59 Å². The number of urea groups is 1. The van der Waals surface area contributed by atoms with Crippen LogP contribution in [0.1, 0.15) is 19.3 Å². The van der Waals surface area contributed by atoms with Gasteiger partial charge < -0.3 is 25.4 Å². The van der Waals surface area contributed by atoms with Crippen molar-refractivity contribution < 1.29 is 24.2 Å². The first kappa shape index (κ1) is 16.2. The van der Waals surface area contributed by atoms with E-state index in [1.54, 1.807) is 4.90 Å². The molecule has 8 nitrogen and oxygen atoms in total. The summed E-state index contributed by atoms with van der Waals surface area (Å²) in [5, 5.41) is 13.5. The first-order chi connectivity index (χ1) is 9.52. The van der Waals surface area contributed by atoms with E-state index in [0.717, 1.165) is 25.9 Å². The van der Waals surface area contributed by atoms with Crippen molar-refractivity contribution in [1.29, 1.82) is 0 Å². The number of rotatable bonds is 7. The molecule has 3 N–H and O–H groups in total. The smallest absolute Gasteiger partial charge is 0.315 e. The van der Waals surface area contributed by atoms with E-state index in [1.165, 1.54) is 7.11 Å². The Bertz CT molecular complexity index is 355. The highest BCUT2D eigenvalue weighted by molar-refractivity contribution is 5.84. The van der Waals surface area contributed by atoms with Crippen LogP contribution in [0, 0.1) is 0 Å². The number of aliphatic carboxylic acids is 1. The largest absolute Gasteiger partial charge is 0.481 e. The van der Waals surface area contributed by atoms with Crippen LogP contribution < -0.4 is 10.6 Å². The van der Waals surface area contributed by atoms with Gasteiger partial charge in [-0.1, -0.05) is 0 Å². The summed E-state index contributed by atoms with van der Waals surface area (Å²) in [7, 11) is 1.38. The number of nitrogens with one attached hydrogen (secondary N) is 2. The molecule has 0 radical (unpaired) electrons. The molecular formula is C12H21N3O5. The molecule has 1 atom stereocenters. The second kappa shape index (κ2) is 8.36. The van der Waals surface area contributed by atoms with E-state index in [9.17, 15) is 14.4 Å². The SMILES string of the molecule is COC(CNC(=O)NCC(=O)N1CCCC1)CC(=O)O. The molecule has 1 fully saturated rings. The number of carbonyl (C=O) groups excluding carboxylic acids is 2. The number of likely N-dealkylation sites (tertiary alicyclic amines) is 1. The first-order valence-corrected chi connectivity index (χ1v) is 6.57. The van der Waals surface area contributed by atoms with Crippen LogP contribution in [0.3, 0.4) is 0 Å². The van der Waals surface area contributed by atoms with Gasteiger partial charge in [-0.05, 0) is 12.8 Å². The van der Waals surface area contributed by atoms with E-state index in [2.05, 4.69) is 10.6 Å². The van der Waals surface area contributed by atoms with Gasteiger partial charge >= 0.3 is 12.0 Å². The van der Waals surface area contributed by atoms with Crippen LogP contribution in [0.4, 0.5) is 4.79 Å². The molecule has 1 aliphatic rings. The molecule has 8 heteroatoms. The number of hydrogen-bond donors (Lipinski definition) is 3. The Hall–Kier alpha value is -1.83. The maximum absolute atomic E-state index is 11.7. The molecule has 0 aromatic carbocycles. The summed E-state index contributed by atoms with van der Waals surface area (Å²) in [6.45, 7) is 1.51. The van der Waals surface area contributed by atoms with Gasteiger partial charge in [-0.25, -0.2) is 4.79 Å². The number of ether oxygens (including phenoxy) is 1. The number of carboxylic acid groups (broad SMARTS) is 1. The van der Waals surface area contributed by atoms with Gasteiger partial charge in [-0.2, -0.15) is 0 Å². The van der Waals surface area contributed by atoms with E-state index in [0.29, 0.717) is 0 Å². The zero-order valence-electron chi connectivity index (χ0n) is 11.6. The molecule has 1 aliphatic heterocycles. The molecule has 0 saturated carbocycles. The van der Waals surface area contributed by atoms with E-state index in [1.807, 2.05) is 0 Å². The quantitative estimate of drug-likeness (QED) is 0.579. The summed E-state index contributed by atoms with van der Waals surface area (Å²) >= 11 is 0. The third-order valence-electron chi connectivity index (χ3n) is 3.08. The Morgan fingerprint density at radius 2 is 1.90 bits per heavy atom. The highest BCUT2D eigenvalue weighted by atomic mass is 16.5. The van der Waals surface area contributed by atoms with Crippen LogP contribution in [0.5, 0.6) is 0 Å². The number of nitrogens with zero attached hydrogens (tertiary/aromatic N) is 1. The summed E-state index contributed by atoms with van der Waals surface area (Å²) in [6, 6.07) is -0.509. The van der Waals surface area contributed by atoms with Crippen molar-refractivity contribution in [1.82, 2.24) is 15.5 Å². The fourth-order valence-electron chi connectivity index (χ4n) is 1.94. The summed E-state index contributed by atoms with van der Waals surface area (Å²) < 4.78 is 4.92. The molecule has 1 heterocycles. The van der Waals surface area contributed by atoms with E-state index in [4.69, 9.17) is 9.84 Å². The van der Waals surface area contributed by atoms with Crippen molar-refractivity contribution >= 4 is 17.9 Å². The fourth-order valence-corrected chi connectivity index (χ4v) is 1.94. The van der Waals surface area contributed by atoms with E-state index >= 15 is 0 Å². The Morgan fingerprint density at radius 1 is 1.25 bits per heavy atom. The normalized spacial score (nSPS) is 15.8. The minimum atomic E-state index is -0.997. The molecule has 20 heavy (non-hydrogen) atoms. The second-order valence-electron chi connectivity index (χ2n) is 4.61. The lowest BCUT2D eigenvalue weighted by atomic mass is 10.2. The topological polar surface area (TPSA) is 108 Å². The average molecular weight is 287 g/mol. The third-order valence-corrected chi connectivity index (χ3v) is 3.08. The second-order valence-corrected chi connectivity index (χ2v) is 4.61. The van der Waals surface area contributed by atoms with Gasteiger partial charge in [0, 0.05) is 26.7 Å². The molecule has 1 unspecified atom stereocenters. The van der Waals surface area contributed by atoms with Crippen molar-refractivity contribution in [2.45, 2.75) is 25.4 Å². The predicted octanol–water partition coefficient (Wildman–Crippen LogP) is -0.602. The molecule has 0 aromatic rings. The summed E-state index contributed by atoms with van der Waals surface area (Å²) in [5.74, 6) is -1.10. The minimum Gasteiger partial charge on any atom is -0.481 e. The monoisotopic (exact) mass is 287 g/mol. The molecule has 0 aliphatic carbocycles. The summed E-state index contributed by atoms with van der Waals surface area (Å²) in [6.07, 6.45) is 1.22. The van der Waals surface area contributed by atoms with E-state index in [-0.39, 0.29) is 25.4 Å². The van der Waals surface area contributed by atoms with Crippen molar-refractivity contribution in [3.05, 3.63) is 0 Å². The molecule has 0 aromatic heterocycles. The lowest BCUT2D eigenvalue weighted by Crippen LogP contribution is -2.45. The number of hydrogen-bond acceptors (Lipinski definition) is 4. The molecule has 114 valence electrons. The average Bonchev–Trinajstić information content (AvgIpc) is 2.94. The summed E-state index contributed by atoms with van der Waals surface area (Å²) in [4.78, 5) is 35.4. The Kier molecular flexibility index (Phi) is 6.78. The van der Waals surface area contributed by atoms with Gasteiger partial charge in [0.2, 0.25) is 5.91 Å². The van der Waals surface area contributed by atoms with Gasteiger partial charge in [-0.15, -0.1) is 0 Å². The lowest BCUT2D eigenvalue weighted by Gasteiger charge is -2.17. The van der Waals surface area contributed by atoms with Crippen molar-refractivity contribution in [2.75, 3.05) is 33.3 Å². The van der Waals surface area contributed by atoms with Gasteiger partial charge in [0.1, 0.15) is 0 Å². The maximum atomic E-state index is 11.7. The van der Waals surface area contributed by atoms with Crippen LogP contribution in [-0.2, 0) is 14.3 Å². The van der Waals surface area contributed by atoms with Crippen LogP contribution in [-0.4, -0.2) is 67.3 Å². The van der Waals surface area contributed by atoms with Gasteiger partial charge in [0.25, 0.3) is 0 Å². The highest BCUT2D eigenvalue weighted by Crippen LogP contribution is 2.06. The first-order valence-electron chi connectivity index (χ1n) is 6.57. The molecule has 1 rings (SSSR count). The Labute approximate surface area is 117 Å². The highest BCUT2D eigenvalue weighted by Gasteiger charge is 2.18. The predicted molar refractivity (Wildman–Crippen MR) is 70.3 cm³/mol. The number of carbonyl (C=O) groups is 3. The molecule has 0 bridgehead atoms.